The van der Waals surface area contributed by atoms with E-state index < -0.39 is 33.6 Å². The number of aromatic hydroxyl groups is 1. The van der Waals surface area contributed by atoms with Crippen LogP contribution >= 0.6 is 0 Å². The van der Waals surface area contributed by atoms with Gasteiger partial charge in [0.1, 0.15) is 0 Å². The molecule has 0 aliphatic carbocycles. The molecule has 8 nitrogen and oxygen atoms in total. The number of rotatable bonds is 2. The van der Waals surface area contributed by atoms with Gasteiger partial charge in [-0.1, -0.05) is 0 Å². The van der Waals surface area contributed by atoms with E-state index in [4.69, 9.17) is 10.2 Å². The number of nitro groups is 1. The quantitative estimate of drug-likeness (QED) is 0.442. The van der Waals surface area contributed by atoms with E-state index in [9.17, 15) is 19.7 Å². The van der Waals surface area contributed by atoms with Crippen LogP contribution in [0.1, 0.15) is 10.4 Å². The summed E-state index contributed by atoms with van der Waals surface area (Å²) in [4.78, 5) is 32.1. The predicted molar refractivity (Wildman–Crippen MR) is 42.3 cm³/mol. The molecule has 0 saturated carbocycles. The highest BCUT2D eigenvalue weighted by atomic mass is 16.6. The number of hydrogen-bond donors (Lipinski definition) is 3. The summed E-state index contributed by atoms with van der Waals surface area (Å²) in [5.41, 5.74) is -2.83. The van der Waals surface area contributed by atoms with Crippen molar-refractivity contribution in [3.63, 3.8) is 0 Å². The summed E-state index contributed by atoms with van der Waals surface area (Å²) >= 11 is 0. The third-order valence-electron chi connectivity index (χ3n) is 1.41. The van der Waals surface area contributed by atoms with Gasteiger partial charge in [0.15, 0.2) is 5.56 Å². The molecule has 0 aliphatic heterocycles. The Morgan fingerprint density at radius 2 is 2.14 bits per heavy atom. The Morgan fingerprint density at radius 3 is 2.57 bits per heavy atom. The van der Waals surface area contributed by atoms with Crippen LogP contribution in [0, 0.1) is 10.1 Å². The lowest BCUT2D eigenvalue weighted by Gasteiger charge is -1.98. The van der Waals surface area contributed by atoms with E-state index in [1.54, 1.807) is 4.98 Å². The number of H-pyrrole nitrogens is 1. The molecule has 0 fully saturated rings. The van der Waals surface area contributed by atoms with Gasteiger partial charge in [0.25, 0.3) is 11.2 Å². The fraction of sp³-hybridized carbons (Fsp3) is 0. The summed E-state index contributed by atoms with van der Waals surface area (Å²) in [6.07, 6.45) is 0. The van der Waals surface area contributed by atoms with Crippen LogP contribution in [-0.4, -0.2) is 26.1 Å². The van der Waals surface area contributed by atoms with E-state index >= 15 is 0 Å². The highest BCUT2D eigenvalue weighted by molar-refractivity contribution is 5.94. The van der Waals surface area contributed by atoms with Crippen LogP contribution in [0.4, 0.5) is 5.69 Å². The van der Waals surface area contributed by atoms with Gasteiger partial charge in [0.2, 0.25) is 5.88 Å². The zero-order chi connectivity index (χ0) is 10.9. The molecule has 0 aromatic carbocycles. The molecule has 1 aromatic heterocycles. The molecule has 0 saturated heterocycles. The molecule has 8 heteroatoms. The highest BCUT2D eigenvalue weighted by Crippen LogP contribution is 2.22. The van der Waals surface area contributed by atoms with Crippen LogP contribution in [0.5, 0.6) is 5.88 Å². The van der Waals surface area contributed by atoms with Crippen molar-refractivity contribution in [3.8, 4) is 5.88 Å². The lowest BCUT2D eigenvalue weighted by molar-refractivity contribution is -0.385. The average molecular weight is 200 g/mol. The lowest BCUT2D eigenvalue weighted by atomic mass is 10.2. The van der Waals surface area contributed by atoms with Gasteiger partial charge in [-0.15, -0.1) is 0 Å². The minimum absolute atomic E-state index is 0.489. The maximum atomic E-state index is 10.7. The molecule has 0 aliphatic rings. The summed E-state index contributed by atoms with van der Waals surface area (Å²) in [5.74, 6) is -2.72. The van der Waals surface area contributed by atoms with Crippen LogP contribution in [0.15, 0.2) is 10.9 Å². The van der Waals surface area contributed by atoms with Crippen molar-refractivity contribution < 1.29 is 19.9 Å². The second-order valence-corrected chi connectivity index (χ2v) is 2.30. The van der Waals surface area contributed by atoms with Gasteiger partial charge in [-0.2, -0.15) is 0 Å². The van der Waals surface area contributed by atoms with Crippen LogP contribution in [-0.2, 0) is 0 Å². The Bertz CT molecular complexity index is 462. The van der Waals surface area contributed by atoms with E-state index in [2.05, 4.69) is 0 Å². The molecule has 0 radical (unpaired) electrons. The van der Waals surface area contributed by atoms with Gasteiger partial charge >= 0.3 is 5.97 Å². The Hall–Kier alpha value is -2.38. The van der Waals surface area contributed by atoms with Crippen molar-refractivity contribution in [1.29, 1.82) is 0 Å². The Balaban J connectivity index is 3.61. The molecular weight excluding hydrogens is 196 g/mol. The third kappa shape index (κ3) is 1.53. The molecular formula is C6H4N2O6. The number of carboxylic acid groups (broad SMARTS) is 1. The number of aromatic nitrogens is 1. The molecule has 3 N–H and O–H groups in total. The van der Waals surface area contributed by atoms with Gasteiger partial charge in [0.05, 0.1) is 11.0 Å². The number of pyridine rings is 1. The van der Waals surface area contributed by atoms with E-state index in [0.29, 0.717) is 6.07 Å². The van der Waals surface area contributed by atoms with Gasteiger partial charge in [-0.05, 0) is 0 Å². The SMILES string of the molecule is O=C(O)c1c([N+](=O)[O-])cc(=O)[nH]c1O. The maximum absolute atomic E-state index is 10.7. The van der Waals surface area contributed by atoms with Crippen molar-refractivity contribution in [2.45, 2.75) is 0 Å². The first-order valence-corrected chi connectivity index (χ1v) is 3.27. The van der Waals surface area contributed by atoms with Crippen molar-refractivity contribution >= 4 is 11.7 Å². The summed E-state index contributed by atoms with van der Waals surface area (Å²) < 4.78 is 0. The smallest absolute Gasteiger partial charge is 0.348 e. The molecule has 1 heterocycles. The number of nitrogens with zero attached hydrogens (tertiary/aromatic N) is 1. The molecule has 0 bridgehead atoms. The Labute approximate surface area is 75.6 Å². The Kier molecular flexibility index (Phi) is 2.19. The van der Waals surface area contributed by atoms with Crippen molar-refractivity contribution in [3.05, 3.63) is 32.1 Å². The maximum Gasteiger partial charge on any atom is 0.348 e. The van der Waals surface area contributed by atoms with Crippen LogP contribution in [0.2, 0.25) is 0 Å². The van der Waals surface area contributed by atoms with Gasteiger partial charge in [-0.25, -0.2) is 4.79 Å². The van der Waals surface area contributed by atoms with Gasteiger partial charge in [-0.3, -0.25) is 19.9 Å². The second kappa shape index (κ2) is 3.17. The number of carboxylic acids is 1. The highest BCUT2D eigenvalue weighted by Gasteiger charge is 2.25. The topological polar surface area (TPSA) is 134 Å². The molecule has 0 atom stereocenters. The van der Waals surface area contributed by atoms with Crippen molar-refractivity contribution in [1.82, 2.24) is 4.98 Å². The molecule has 1 aromatic rings. The molecule has 1 rings (SSSR count). The van der Waals surface area contributed by atoms with Crippen molar-refractivity contribution in [2.24, 2.45) is 0 Å². The summed E-state index contributed by atoms with van der Waals surface area (Å²) in [7, 11) is 0. The fourth-order valence-electron chi connectivity index (χ4n) is 0.888. The third-order valence-corrected chi connectivity index (χ3v) is 1.41. The minimum atomic E-state index is -1.69. The number of hydrogen-bond acceptors (Lipinski definition) is 5. The largest absolute Gasteiger partial charge is 0.494 e. The Morgan fingerprint density at radius 1 is 1.57 bits per heavy atom. The zero-order valence-electron chi connectivity index (χ0n) is 6.55. The molecule has 0 amide bonds. The van der Waals surface area contributed by atoms with Gasteiger partial charge in [0, 0.05) is 0 Å². The monoisotopic (exact) mass is 200 g/mol. The van der Waals surface area contributed by atoms with Gasteiger partial charge < -0.3 is 10.2 Å². The normalized spacial score (nSPS) is 9.71. The second-order valence-electron chi connectivity index (χ2n) is 2.30. The first kappa shape index (κ1) is 9.71. The lowest BCUT2D eigenvalue weighted by Crippen LogP contribution is -2.12. The van der Waals surface area contributed by atoms with E-state index in [0.717, 1.165) is 0 Å². The molecule has 74 valence electrons. The summed E-state index contributed by atoms with van der Waals surface area (Å²) in [6.45, 7) is 0. The predicted octanol–water partition coefficient (Wildman–Crippen LogP) is -0.313. The van der Waals surface area contributed by atoms with E-state index in [1.165, 1.54) is 0 Å². The molecule has 14 heavy (non-hydrogen) atoms. The number of aromatic carboxylic acids is 1. The van der Waals surface area contributed by atoms with E-state index in [1.807, 2.05) is 0 Å². The summed E-state index contributed by atoms with van der Waals surface area (Å²) in [6, 6.07) is 0.489. The van der Waals surface area contributed by atoms with Crippen LogP contribution < -0.4 is 5.56 Å². The van der Waals surface area contributed by atoms with Crippen LogP contribution in [0.3, 0.4) is 0 Å². The summed E-state index contributed by atoms with van der Waals surface area (Å²) in [5, 5.41) is 27.8. The zero-order valence-corrected chi connectivity index (χ0v) is 6.55. The fourth-order valence-corrected chi connectivity index (χ4v) is 0.888. The number of aromatic amines is 1. The van der Waals surface area contributed by atoms with Crippen molar-refractivity contribution in [2.75, 3.05) is 0 Å². The van der Waals surface area contributed by atoms with E-state index in [-0.39, 0.29) is 0 Å². The number of nitrogens with one attached hydrogen (secondary N) is 1. The first-order valence-electron chi connectivity index (χ1n) is 3.27. The molecule has 0 unspecified atom stereocenters. The first-order chi connectivity index (χ1) is 6.43. The van der Waals surface area contributed by atoms with Crippen LogP contribution in [0.25, 0.3) is 0 Å². The standard InChI is InChI=1S/C6H4N2O6/c9-3-1-2(8(13)14)4(6(11)12)5(10)7-3/h1H,(H,11,12)(H2,7,9,10). The minimum Gasteiger partial charge on any atom is -0.494 e. The average Bonchev–Trinajstić information content (AvgIpc) is 2.01. The number of carbonyl (C=O) groups is 1. The molecule has 0 spiro atoms.